The van der Waals surface area contributed by atoms with Crippen molar-refractivity contribution in [2.24, 2.45) is 0 Å². The number of benzene rings is 1. The summed E-state index contributed by atoms with van der Waals surface area (Å²) in [6.07, 6.45) is 0.946. The maximum absolute atomic E-state index is 13.5. The first-order chi connectivity index (χ1) is 13.7. The first kappa shape index (κ1) is 21.5. The number of hydrogen-bond donors (Lipinski definition) is 1. The van der Waals surface area contributed by atoms with Gasteiger partial charge in [-0.3, -0.25) is 9.59 Å². The summed E-state index contributed by atoms with van der Waals surface area (Å²) in [5.74, 6) is -4.31. The molecule has 0 radical (unpaired) electrons. The van der Waals surface area contributed by atoms with Crippen molar-refractivity contribution in [2.75, 3.05) is 13.1 Å². The number of rotatable bonds is 5. The van der Waals surface area contributed by atoms with E-state index in [0.717, 1.165) is 14.9 Å². The molecule has 1 fully saturated rings. The van der Waals surface area contributed by atoms with Crippen LogP contribution in [0, 0.1) is 11.3 Å². The van der Waals surface area contributed by atoms with Crippen LogP contribution in [0.1, 0.15) is 22.3 Å². The molecule has 0 spiro atoms. The number of alkyl halides is 2. The summed E-state index contributed by atoms with van der Waals surface area (Å²) in [5, 5.41) is 11.4. The van der Waals surface area contributed by atoms with Crippen molar-refractivity contribution in [1.82, 2.24) is 14.8 Å². The van der Waals surface area contributed by atoms with E-state index in [-0.39, 0.29) is 0 Å². The number of halogens is 4. The van der Waals surface area contributed by atoms with Gasteiger partial charge in [-0.05, 0) is 39.7 Å². The predicted octanol–water partition coefficient (Wildman–Crippen LogP) is 3.55. The maximum Gasteiger partial charge on any atom is 0.268 e. The van der Waals surface area contributed by atoms with Crippen LogP contribution in [0.2, 0.25) is 0 Å². The average molecular weight is 530 g/mol. The van der Waals surface area contributed by atoms with Gasteiger partial charge in [0, 0.05) is 23.6 Å². The van der Waals surface area contributed by atoms with Crippen molar-refractivity contribution in [3.05, 3.63) is 56.7 Å². The molecule has 152 valence electrons. The molecule has 1 saturated heterocycles. The molecule has 2 heterocycles. The Morgan fingerprint density at radius 2 is 2.07 bits per heavy atom. The number of nitrogens with one attached hydrogen (secondary N) is 1. The van der Waals surface area contributed by atoms with E-state index >= 15 is 0 Å². The lowest BCUT2D eigenvalue weighted by Gasteiger charge is -2.19. The fraction of sp³-hybridized carbons (Fsp3) is 0.316. The SMILES string of the molecule is N#C[C@@H]1CC(F)(F)CN1C(=O)CNC(=O)c1cc(Br)n(Cc2cccc(Br)c2)c1. The van der Waals surface area contributed by atoms with Gasteiger partial charge < -0.3 is 14.8 Å². The van der Waals surface area contributed by atoms with Gasteiger partial charge in [0.15, 0.2) is 0 Å². The highest BCUT2D eigenvalue weighted by Gasteiger charge is 2.47. The zero-order valence-electron chi connectivity index (χ0n) is 15.0. The van der Waals surface area contributed by atoms with Crippen LogP contribution in [0.4, 0.5) is 8.78 Å². The van der Waals surface area contributed by atoms with E-state index in [4.69, 9.17) is 5.26 Å². The fourth-order valence-corrected chi connectivity index (χ4v) is 4.03. The van der Waals surface area contributed by atoms with Crippen molar-refractivity contribution in [3.63, 3.8) is 0 Å². The molecule has 2 amide bonds. The van der Waals surface area contributed by atoms with Gasteiger partial charge >= 0.3 is 0 Å². The number of carbonyl (C=O) groups is 2. The molecule has 1 aromatic carbocycles. The summed E-state index contributed by atoms with van der Waals surface area (Å²) in [5.41, 5.74) is 1.35. The smallest absolute Gasteiger partial charge is 0.268 e. The van der Waals surface area contributed by atoms with Crippen molar-refractivity contribution in [2.45, 2.75) is 24.9 Å². The van der Waals surface area contributed by atoms with Gasteiger partial charge in [0.1, 0.15) is 6.04 Å². The van der Waals surface area contributed by atoms with E-state index < -0.39 is 43.3 Å². The first-order valence-corrected chi connectivity index (χ1v) is 10.2. The van der Waals surface area contributed by atoms with E-state index in [0.29, 0.717) is 16.7 Å². The summed E-state index contributed by atoms with van der Waals surface area (Å²) in [4.78, 5) is 25.4. The van der Waals surface area contributed by atoms with Crippen LogP contribution < -0.4 is 5.32 Å². The molecule has 10 heteroatoms. The molecule has 1 aromatic heterocycles. The Bertz CT molecular complexity index is 987. The highest BCUT2D eigenvalue weighted by Crippen LogP contribution is 2.31. The van der Waals surface area contributed by atoms with Crippen LogP contribution in [0.5, 0.6) is 0 Å². The first-order valence-electron chi connectivity index (χ1n) is 8.64. The Balaban J connectivity index is 1.61. The Kier molecular flexibility index (Phi) is 6.39. The van der Waals surface area contributed by atoms with Crippen LogP contribution in [-0.2, 0) is 11.3 Å². The molecule has 0 aliphatic carbocycles. The number of carbonyl (C=O) groups excluding carboxylic acids is 2. The van der Waals surface area contributed by atoms with Gasteiger partial charge in [-0.15, -0.1) is 0 Å². The number of amides is 2. The van der Waals surface area contributed by atoms with Crippen LogP contribution >= 0.6 is 31.9 Å². The molecule has 1 N–H and O–H groups in total. The second-order valence-electron chi connectivity index (χ2n) is 6.72. The minimum atomic E-state index is -3.09. The lowest BCUT2D eigenvalue weighted by molar-refractivity contribution is -0.131. The third kappa shape index (κ3) is 5.22. The average Bonchev–Trinajstić information content (AvgIpc) is 3.18. The Labute approximate surface area is 182 Å². The highest BCUT2D eigenvalue weighted by atomic mass is 79.9. The highest BCUT2D eigenvalue weighted by molar-refractivity contribution is 9.10. The molecule has 2 aromatic rings. The third-order valence-corrected chi connectivity index (χ3v) is 5.67. The largest absolute Gasteiger partial charge is 0.343 e. The number of hydrogen-bond acceptors (Lipinski definition) is 3. The fourth-order valence-electron chi connectivity index (χ4n) is 3.11. The summed E-state index contributed by atoms with van der Waals surface area (Å²) < 4.78 is 30.4. The van der Waals surface area contributed by atoms with Crippen LogP contribution in [0.15, 0.2) is 45.6 Å². The van der Waals surface area contributed by atoms with Crippen molar-refractivity contribution in [3.8, 4) is 6.07 Å². The van der Waals surface area contributed by atoms with Crippen LogP contribution in [0.3, 0.4) is 0 Å². The molecule has 6 nitrogen and oxygen atoms in total. The maximum atomic E-state index is 13.5. The molecule has 3 rings (SSSR count). The van der Waals surface area contributed by atoms with Crippen molar-refractivity contribution < 1.29 is 18.4 Å². The quantitative estimate of drug-likeness (QED) is 0.643. The normalized spacial score (nSPS) is 17.8. The summed E-state index contributed by atoms with van der Waals surface area (Å²) in [7, 11) is 0. The summed E-state index contributed by atoms with van der Waals surface area (Å²) in [6, 6.07) is 9.87. The number of nitriles is 1. The van der Waals surface area contributed by atoms with Crippen molar-refractivity contribution >= 4 is 43.7 Å². The van der Waals surface area contributed by atoms with Gasteiger partial charge in [-0.25, -0.2) is 8.78 Å². The number of aromatic nitrogens is 1. The lowest BCUT2D eigenvalue weighted by atomic mass is 10.2. The molecular formula is C19H16Br2F2N4O2. The van der Waals surface area contributed by atoms with E-state index in [1.807, 2.05) is 28.8 Å². The van der Waals surface area contributed by atoms with Gasteiger partial charge in [0.25, 0.3) is 11.8 Å². The second-order valence-corrected chi connectivity index (χ2v) is 8.45. The van der Waals surface area contributed by atoms with E-state index in [1.54, 1.807) is 18.3 Å². The number of likely N-dealkylation sites (tertiary alicyclic amines) is 1. The summed E-state index contributed by atoms with van der Waals surface area (Å²) in [6.45, 7) is -0.741. The Morgan fingerprint density at radius 1 is 1.31 bits per heavy atom. The zero-order chi connectivity index (χ0) is 21.2. The van der Waals surface area contributed by atoms with Gasteiger partial charge in [-0.1, -0.05) is 28.1 Å². The van der Waals surface area contributed by atoms with E-state index in [1.165, 1.54) is 0 Å². The summed E-state index contributed by atoms with van der Waals surface area (Å²) >= 11 is 6.81. The second kappa shape index (κ2) is 8.63. The molecule has 1 atom stereocenters. The van der Waals surface area contributed by atoms with Gasteiger partial charge in [-0.2, -0.15) is 5.26 Å². The van der Waals surface area contributed by atoms with Crippen LogP contribution in [0.25, 0.3) is 0 Å². The molecule has 29 heavy (non-hydrogen) atoms. The molecule has 0 unspecified atom stereocenters. The zero-order valence-corrected chi connectivity index (χ0v) is 18.2. The Morgan fingerprint density at radius 3 is 2.76 bits per heavy atom. The lowest BCUT2D eigenvalue weighted by Crippen LogP contribution is -2.42. The predicted molar refractivity (Wildman–Crippen MR) is 108 cm³/mol. The topological polar surface area (TPSA) is 78.1 Å². The molecule has 1 aliphatic rings. The number of nitrogens with zero attached hydrogens (tertiary/aromatic N) is 3. The van der Waals surface area contributed by atoms with Crippen LogP contribution in [-0.4, -0.2) is 46.3 Å². The van der Waals surface area contributed by atoms with E-state index in [9.17, 15) is 18.4 Å². The molecular weight excluding hydrogens is 514 g/mol. The van der Waals surface area contributed by atoms with Crippen molar-refractivity contribution in [1.29, 1.82) is 5.26 Å². The molecule has 0 bridgehead atoms. The molecule has 1 aliphatic heterocycles. The Hall–Kier alpha value is -2.25. The minimum Gasteiger partial charge on any atom is -0.343 e. The van der Waals surface area contributed by atoms with Gasteiger partial charge in [0.2, 0.25) is 5.91 Å². The third-order valence-electron chi connectivity index (χ3n) is 4.49. The van der Waals surface area contributed by atoms with E-state index in [2.05, 4.69) is 37.2 Å². The van der Waals surface area contributed by atoms with Gasteiger partial charge in [0.05, 0.1) is 29.3 Å². The molecule has 0 saturated carbocycles. The standard InChI is InChI=1S/C19H16Br2F2N4O2/c20-14-3-1-2-12(4-14)9-26-10-13(5-16(26)21)18(29)25-8-17(28)27-11-19(22,23)6-15(27)7-24/h1-5,10,15H,6,8-9,11H2,(H,25,29)/t15-/m0/s1. The minimum absolute atomic E-state index is 0.322. The monoisotopic (exact) mass is 528 g/mol.